The van der Waals surface area contributed by atoms with E-state index in [0.29, 0.717) is 6.04 Å². The Morgan fingerprint density at radius 3 is 2.96 bits per heavy atom. The van der Waals surface area contributed by atoms with Gasteiger partial charge in [-0.25, -0.2) is 0 Å². The maximum absolute atomic E-state index is 10.6. The van der Waals surface area contributed by atoms with Gasteiger partial charge in [0, 0.05) is 37.1 Å². The van der Waals surface area contributed by atoms with Crippen molar-refractivity contribution in [2.45, 2.75) is 55.5 Å². The molecule has 1 saturated carbocycles. The number of hydrogen-bond donors (Lipinski definition) is 1. The Balaban J connectivity index is 1.80. The minimum Gasteiger partial charge on any atom is -0.493 e. The number of rotatable bonds is 2. The van der Waals surface area contributed by atoms with Gasteiger partial charge in [-0.3, -0.25) is 4.90 Å². The second-order valence-electron chi connectivity index (χ2n) is 7.94. The number of nitrogens with zero attached hydrogens (tertiary/aromatic N) is 1. The molecule has 1 N–H and O–H groups in total. The number of likely N-dealkylation sites (N-methyl/N-ethyl adjacent to an activating group) is 1. The van der Waals surface area contributed by atoms with Gasteiger partial charge in [-0.2, -0.15) is 0 Å². The van der Waals surface area contributed by atoms with Crippen LogP contribution in [0.5, 0.6) is 11.5 Å². The lowest BCUT2D eigenvalue weighted by Crippen LogP contribution is -2.59. The highest BCUT2D eigenvalue weighted by Gasteiger charge is 2.62. The monoisotopic (exact) mass is 331 g/mol. The van der Waals surface area contributed by atoms with Gasteiger partial charge in [0.25, 0.3) is 0 Å². The van der Waals surface area contributed by atoms with Crippen molar-refractivity contribution in [1.29, 1.82) is 0 Å². The van der Waals surface area contributed by atoms with Crippen LogP contribution in [0.2, 0.25) is 0 Å². The van der Waals surface area contributed by atoms with Crippen LogP contribution in [0.1, 0.15) is 48.4 Å². The Kier molecular flexibility index (Phi) is 2.91. The van der Waals surface area contributed by atoms with E-state index in [2.05, 4.69) is 18.0 Å². The fraction of sp³-hybridized carbons (Fsp3) is 0.684. The molecule has 1 aromatic carbocycles. The Morgan fingerprint density at radius 1 is 1.38 bits per heavy atom. The van der Waals surface area contributed by atoms with Crippen molar-refractivity contribution < 1.29 is 19.3 Å². The topological polar surface area (TPSA) is 51.2 Å². The van der Waals surface area contributed by atoms with Crippen molar-refractivity contribution in [2.75, 3.05) is 27.8 Å². The van der Waals surface area contributed by atoms with E-state index in [1.165, 1.54) is 16.7 Å². The van der Waals surface area contributed by atoms with Crippen LogP contribution in [-0.2, 0) is 16.6 Å². The van der Waals surface area contributed by atoms with Crippen molar-refractivity contribution in [3.05, 3.63) is 22.8 Å². The third-order valence-corrected chi connectivity index (χ3v) is 6.91. The molecule has 130 valence electrons. The first-order valence-corrected chi connectivity index (χ1v) is 8.90. The summed E-state index contributed by atoms with van der Waals surface area (Å²) in [5.41, 5.74) is 4.24. The zero-order valence-electron chi connectivity index (χ0n) is 14.6. The predicted octanol–water partition coefficient (Wildman–Crippen LogP) is 2.15. The molecule has 1 fully saturated rings. The number of benzene rings is 1. The highest BCUT2D eigenvalue weighted by molar-refractivity contribution is 5.63. The largest absolute Gasteiger partial charge is 0.493 e. The molecule has 1 spiro atoms. The van der Waals surface area contributed by atoms with E-state index in [9.17, 15) is 5.11 Å². The predicted molar refractivity (Wildman–Crippen MR) is 88.6 cm³/mol. The van der Waals surface area contributed by atoms with Crippen LogP contribution in [0, 0.1) is 0 Å². The van der Waals surface area contributed by atoms with E-state index in [-0.39, 0.29) is 5.41 Å². The molecule has 0 radical (unpaired) electrons. The molecule has 4 aliphatic rings. The molecule has 2 bridgehead atoms. The van der Waals surface area contributed by atoms with Gasteiger partial charge in [0.05, 0.1) is 7.11 Å². The molecule has 1 aromatic rings. The summed E-state index contributed by atoms with van der Waals surface area (Å²) < 4.78 is 17.8. The average Bonchev–Trinajstić information content (AvgIpc) is 2.94. The molecular formula is C19H25NO4. The Labute approximate surface area is 142 Å². The minimum absolute atomic E-state index is 0.0325. The number of fused-ring (bicyclic) bond motifs is 1. The summed E-state index contributed by atoms with van der Waals surface area (Å²) in [5, 5.41) is 10.6. The SMILES string of the molecule is COc1cc2c3c4c1O[C@@]1(OC)C[C@@]4(CC[C@H]1O)C[C@H]3N(C)CC2. The number of aliphatic hydroxyl groups excluding tert-OH is 1. The molecular weight excluding hydrogens is 306 g/mol. The van der Waals surface area contributed by atoms with Crippen molar-refractivity contribution in [3.8, 4) is 11.5 Å². The smallest absolute Gasteiger partial charge is 0.237 e. The lowest BCUT2D eigenvalue weighted by molar-refractivity contribution is -0.260. The highest BCUT2D eigenvalue weighted by Crippen LogP contribution is 2.65. The van der Waals surface area contributed by atoms with Crippen LogP contribution >= 0.6 is 0 Å². The van der Waals surface area contributed by atoms with Crippen molar-refractivity contribution in [2.24, 2.45) is 0 Å². The van der Waals surface area contributed by atoms with Crippen LogP contribution in [0.4, 0.5) is 0 Å². The molecule has 0 saturated heterocycles. The summed E-state index contributed by atoms with van der Waals surface area (Å²) in [6.45, 7) is 1.08. The van der Waals surface area contributed by atoms with Crippen LogP contribution in [0.25, 0.3) is 0 Å². The summed E-state index contributed by atoms with van der Waals surface area (Å²) in [5.74, 6) is 0.646. The second-order valence-corrected chi connectivity index (χ2v) is 7.94. The summed E-state index contributed by atoms with van der Waals surface area (Å²) in [6, 6.07) is 2.59. The first kappa shape index (κ1) is 15.0. The van der Waals surface area contributed by atoms with E-state index in [4.69, 9.17) is 14.2 Å². The molecule has 4 atom stereocenters. The molecule has 2 heterocycles. The third-order valence-electron chi connectivity index (χ3n) is 6.91. The van der Waals surface area contributed by atoms with E-state index in [1.807, 2.05) is 0 Å². The maximum Gasteiger partial charge on any atom is 0.237 e. The van der Waals surface area contributed by atoms with Gasteiger partial charge in [0.2, 0.25) is 5.79 Å². The summed E-state index contributed by atoms with van der Waals surface area (Å²) in [4.78, 5) is 2.47. The zero-order valence-corrected chi connectivity index (χ0v) is 14.6. The van der Waals surface area contributed by atoms with Crippen molar-refractivity contribution in [3.63, 3.8) is 0 Å². The summed E-state index contributed by atoms with van der Waals surface area (Å²) in [7, 11) is 5.56. The number of methoxy groups -OCH3 is 2. The summed E-state index contributed by atoms with van der Waals surface area (Å²) in [6.07, 6.45) is 3.98. The normalized spacial score (nSPS) is 39.3. The first-order valence-electron chi connectivity index (χ1n) is 8.90. The van der Waals surface area contributed by atoms with Crippen LogP contribution < -0.4 is 9.47 Å². The highest BCUT2D eigenvalue weighted by atomic mass is 16.7. The van der Waals surface area contributed by atoms with Gasteiger partial charge < -0.3 is 19.3 Å². The lowest BCUT2D eigenvalue weighted by atomic mass is 9.65. The molecule has 0 aromatic heterocycles. The molecule has 5 rings (SSSR count). The Morgan fingerprint density at radius 2 is 2.21 bits per heavy atom. The van der Waals surface area contributed by atoms with Gasteiger partial charge in [0.15, 0.2) is 11.5 Å². The van der Waals surface area contributed by atoms with Gasteiger partial charge >= 0.3 is 0 Å². The first-order chi connectivity index (χ1) is 11.5. The van der Waals surface area contributed by atoms with E-state index < -0.39 is 11.9 Å². The summed E-state index contributed by atoms with van der Waals surface area (Å²) >= 11 is 0. The number of aliphatic hydroxyl groups is 1. The molecule has 0 amide bonds. The van der Waals surface area contributed by atoms with E-state index >= 15 is 0 Å². The fourth-order valence-electron chi connectivity index (χ4n) is 5.70. The maximum atomic E-state index is 10.6. The Hall–Kier alpha value is -1.30. The van der Waals surface area contributed by atoms with Crippen molar-refractivity contribution in [1.82, 2.24) is 4.90 Å². The van der Waals surface area contributed by atoms with E-state index in [0.717, 1.165) is 50.1 Å². The minimum atomic E-state index is -0.946. The van der Waals surface area contributed by atoms with Gasteiger partial charge in [-0.05, 0) is 49.9 Å². The molecule has 2 aliphatic carbocycles. The molecule has 0 unspecified atom stereocenters. The van der Waals surface area contributed by atoms with Gasteiger partial charge in [0.1, 0.15) is 6.10 Å². The second kappa shape index (κ2) is 4.65. The molecule has 5 heteroatoms. The quantitative estimate of drug-likeness (QED) is 0.900. The van der Waals surface area contributed by atoms with Crippen molar-refractivity contribution >= 4 is 0 Å². The molecule has 5 nitrogen and oxygen atoms in total. The number of hydrogen-bond acceptors (Lipinski definition) is 5. The van der Waals surface area contributed by atoms with Crippen LogP contribution in [-0.4, -0.2) is 49.7 Å². The zero-order chi connectivity index (χ0) is 16.7. The molecule has 2 aliphatic heterocycles. The van der Waals surface area contributed by atoms with E-state index in [1.54, 1.807) is 14.2 Å². The lowest BCUT2D eigenvalue weighted by Gasteiger charge is -2.52. The third kappa shape index (κ3) is 1.61. The standard InChI is InChI=1S/C19H25NO4/c1-20-7-5-11-8-13(22-2)17-16-15(11)12(20)9-18(16)6-4-14(21)19(10-18,23-3)24-17/h8,12,14,21H,4-7,9-10H2,1-3H3/t12-,14-,18-,19+/m1/s1. The van der Waals surface area contributed by atoms with Crippen LogP contribution in [0.15, 0.2) is 6.07 Å². The average molecular weight is 331 g/mol. The fourth-order valence-corrected chi connectivity index (χ4v) is 5.70. The molecule has 24 heavy (non-hydrogen) atoms. The number of ether oxygens (including phenoxy) is 3. The Bertz CT molecular complexity index is 720. The van der Waals surface area contributed by atoms with Crippen LogP contribution in [0.3, 0.4) is 0 Å². The van der Waals surface area contributed by atoms with Gasteiger partial charge in [-0.15, -0.1) is 0 Å². The van der Waals surface area contributed by atoms with Gasteiger partial charge in [-0.1, -0.05) is 0 Å².